The molecule has 0 unspecified atom stereocenters. The predicted octanol–water partition coefficient (Wildman–Crippen LogP) is 3.21. The Morgan fingerprint density at radius 2 is 1.91 bits per heavy atom. The molecule has 2 amide bonds. The van der Waals surface area contributed by atoms with Crippen LogP contribution in [0, 0.1) is 6.92 Å². The number of ketones is 1. The quantitative estimate of drug-likeness (QED) is 0.451. The summed E-state index contributed by atoms with van der Waals surface area (Å²) in [6.45, 7) is 1.20. The molecule has 0 aliphatic carbocycles. The Hall–Kier alpha value is -4.40. The number of Topliss-reactive ketones (excluding diaryl/α,β-unsaturated/α-hetero) is 1. The third-order valence-electron chi connectivity index (χ3n) is 4.74. The molecule has 9 nitrogen and oxygen atoms in total. The molecule has 0 fully saturated rings. The summed E-state index contributed by atoms with van der Waals surface area (Å²) < 4.78 is 15.5. The molecule has 1 aliphatic heterocycles. The van der Waals surface area contributed by atoms with Gasteiger partial charge in [0, 0.05) is 11.3 Å². The molecule has 0 saturated carbocycles. The maximum Gasteiger partial charge on any atom is 0.338 e. The van der Waals surface area contributed by atoms with Gasteiger partial charge in [0.2, 0.25) is 0 Å². The fourth-order valence-corrected chi connectivity index (χ4v) is 3.03. The van der Waals surface area contributed by atoms with Crippen molar-refractivity contribution in [1.82, 2.24) is 0 Å². The van der Waals surface area contributed by atoms with Gasteiger partial charge in [0.05, 0.1) is 17.5 Å². The van der Waals surface area contributed by atoms with Crippen LogP contribution < -0.4 is 15.4 Å². The van der Waals surface area contributed by atoms with Crippen LogP contribution in [0.2, 0.25) is 0 Å². The number of nitrogens with one attached hydrogen (secondary N) is 2. The maximum atomic E-state index is 12.5. The van der Waals surface area contributed by atoms with Gasteiger partial charge in [-0.15, -0.1) is 0 Å². The molecule has 0 saturated heterocycles. The number of carbonyl (C=O) groups is 4. The van der Waals surface area contributed by atoms with Crippen molar-refractivity contribution in [2.45, 2.75) is 6.92 Å². The van der Waals surface area contributed by atoms with Gasteiger partial charge in [-0.3, -0.25) is 14.4 Å². The highest BCUT2D eigenvalue weighted by molar-refractivity contribution is 6.04. The van der Waals surface area contributed by atoms with Crippen molar-refractivity contribution in [1.29, 1.82) is 0 Å². The normalized spacial score (nSPS) is 12.2. The molecule has 4 rings (SSSR count). The molecule has 2 N–H and O–H groups in total. The van der Waals surface area contributed by atoms with Gasteiger partial charge in [-0.2, -0.15) is 0 Å². The van der Waals surface area contributed by atoms with E-state index < -0.39 is 24.3 Å². The Labute approximate surface area is 182 Å². The number of hydrogen-bond donors (Lipinski definition) is 2. The second-order valence-electron chi connectivity index (χ2n) is 7.01. The lowest BCUT2D eigenvalue weighted by Gasteiger charge is -2.18. The summed E-state index contributed by atoms with van der Waals surface area (Å²) in [6.07, 6.45) is 1.38. The Balaban J connectivity index is 1.41. The van der Waals surface area contributed by atoms with E-state index in [1.807, 2.05) is 0 Å². The first-order valence-electron chi connectivity index (χ1n) is 9.63. The van der Waals surface area contributed by atoms with Gasteiger partial charge in [-0.05, 0) is 55.0 Å². The fraction of sp³-hybridized carbons (Fsp3) is 0.130. The third kappa shape index (κ3) is 4.51. The summed E-state index contributed by atoms with van der Waals surface area (Å²) in [4.78, 5) is 48.5. The summed E-state index contributed by atoms with van der Waals surface area (Å²) >= 11 is 0. The van der Waals surface area contributed by atoms with E-state index in [4.69, 9.17) is 13.9 Å². The van der Waals surface area contributed by atoms with Crippen LogP contribution in [0.1, 0.15) is 36.8 Å². The summed E-state index contributed by atoms with van der Waals surface area (Å²) in [6, 6.07) is 12.3. The van der Waals surface area contributed by atoms with Gasteiger partial charge in [-0.25, -0.2) is 4.79 Å². The van der Waals surface area contributed by atoms with E-state index in [-0.39, 0.29) is 29.4 Å². The lowest BCUT2D eigenvalue weighted by atomic mass is 10.1. The van der Waals surface area contributed by atoms with Crippen LogP contribution in [0.3, 0.4) is 0 Å². The predicted molar refractivity (Wildman–Crippen MR) is 113 cm³/mol. The van der Waals surface area contributed by atoms with Crippen LogP contribution in [0.5, 0.6) is 5.75 Å². The van der Waals surface area contributed by atoms with Gasteiger partial charge in [0.15, 0.2) is 24.8 Å². The summed E-state index contributed by atoms with van der Waals surface area (Å²) in [5.41, 5.74) is 1.96. The fourth-order valence-electron chi connectivity index (χ4n) is 3.03. The van der Waals surface area contributed by atoms with Crippen molar-refractivity contribution >= 4 is 34.9 Å². The van der Waals surface area contributed by atoms with Gasteiger partial charge in [0.25, 0.3) is 11.8 Å². The highest BCUT2D eigenvalue weighted by Gasteiger charge is 2.19. The van der Waals surface area contributed by atoms with E-state index in [2.05, 4.69) is 10.6 Å². The Kier molecular flexibility index (Phi) is 5.71. The second kappa shape index (κ2) is 8.76. The molecule has 0 atom stereocenters. The highest BCUT2D eigenvalue weighted by Crippen LogP contribution is 2.28. The number of carbonyl (C=O) groups excluding carboxylic acids is 4. The van der Waals surface area contributed by atoms with Gasteiger partial charge >= 0.3 is 5.97 Å². The second-order valence-corrected chi connectivity index (χ2v) is 7.01. The standard InChI is InChI=1S/C23H18N2O7/c1-13-4-5-15(10-16(13)25-22(28)20-3-2-8-30-20)23(29)32-11-18(26)14-6-7-19-17(9-14)24-21(27)12-31-19/h2-10H,11-12H2,1H3,(H,24,27)(H,25,28). The zero-order chi connectivity index (χ0) is 22.7. The van der Waals surface area contributed by atoms with Crippen molar-refractivity contribution < 1.29 is 33.1 Å². The van der Waals surface area contributed by atoms with Crippen LogP contribution in [-0.2, 0) is 9.53 Å². The van der Waals surface area contributed by atoms with Crippen LogP contribution >= 0.6 is 0 Å². The molecule has 0 bridgehead atoms. The molecule has 0 radical (unpaired) electrons. The van der Waals surface area contributed by atoms with E-state index in [0.717, 1.165) is 5.56 Å². The Morgan fingerprint density at radius 1 is 1.09 bits per heavy atom. The molecule has 2 aromatic carbocycles. The number of esters is 1. The molecule has 3 aromatic rings. The summed E-state index contributed by atoms with van der Waals surface area (Å²) in [7, 11) is 0. The largest absolute Gasteiger partial charge is 0.482 e. The minimum Gasteiger partial charge on any atom is -0.482 e. The van der Waals surface area contributed by atoms with Crippen molar-refractivity contribution in [3.05, 3.63) is 77.2 Å². The van der Waals surface area contributed by atoms with Crippen molar-refractivity contribution in [2.75, 3.05) is 23.8 Å². The third-order valence-corrected chi connectivity index (χ3v) is 4.74. The van der Waals surface area contributed by atoms with E-state index in [1.54, 1.807) is 25.1 Å². The average molecular weight is 434 g/mol. The molecule has 1 aromatic heterocycles. The summed E-state index contributed by atoms with van der Waals surface area (Å²) in [5, 5.41) is 5.30. The van der Waals surface area contributed by atoms with Gasteiger partial charge in [0.1, 0.15) is 5.75 Å². The van der Waals surface area contributed by atoms with E-state index >= 15 is 0 Å². The molecule has 2 heterocycles. The highest BCUT2D eigenvalue weighted by atomic mass is 16.5. The van der Waals surface area contributed by atoms with Gasteiger partial charge in [-0.1, -0.05) is 6.07 Å². The van der Waals surface area contributed by atoms with Crippen LogP contribution in [0.15, 0.2) is 59.2 Å². The number of ether oxygens (including phenoxy) is 2. The first-order chi connectivity index (χ1) is 15.4. The zero-order valence-corrected chi connectivity index (χ0v) is 17.0. The van der Waals surface area contributed by atoms with Crippen molar-refractivity contribution in [3.8, 4) is 5.75 Å². The number of fused-ring (bicyclic) bond motifs is 1. The lowest BCUT2D eigenvalue weighted by molar-refractivity contribution is -0.118. The van der Waals surface area contributed by atoms with E-state index in [1.165, 1.54) is 36.6 Å². The van der Waals surface area contributed by atoms with Crippen LogP contribution in [0.25, 0.3) is 0 Å². The molecule has 0 spiro atoms. The number of benzene rings is 2. The number of furan rings is 1. The first kappa shape index (κ1) is 20.9. The number of anilines is 2. The van der Waals surface area contributed by atoms with E-state index in [9.17, 15) is 19.2 Å². The Morgan fingerprint density at radius 3 is 2.69 bits per heavy atom. The minimum atomic E-state index is -0.721. The molecule has 32 heavy (non-hydrogen) atoms. The van der Waals surface area contributed by atoms with Crippen molar-refractivity contribution in [3.63, 3.8) is 0 Å². The topological polar surface area (TPSA) is 124 Å². The first-order valence-corrected chi connectivity index (χ1v) is 9.63. The van der Waals surface area contributed by atoms with E-state index in [0.29, 0.717) is 17.1 Å². The summed E-state index contributed by atoms with van der Waals surface area (Å²) in [5.74, 6) is -1.34. The zero-order valence-electron chi connectivity index (χ0n) is 17.0. The lowest BCUT2D eigenvalue weighted by Crippen LogP contribution is -2.25. The van der Waals surface area contributed by atoms with Gasteiger partial charge < -0.3 is 24.5 Å². The number of amides is 2. The molecule has 9 heteroatoms. The smallest absolute Gasteiger partial charge is 0.338 e. The molecule has 1 aliphatic rings. The maximum absolute atomic E-state index is 12.5. The van der Waals surface area contributed by atoms with Crippen molar-refractivity contribution in [2.24, 2.45) is 0 Å². The number of hydrogen-bond acceptors (Lipinski definition) is 7. The van der Waals surface area contributed by atoms with Crippen LogP contribution in [-0.4, -0.2) is 36.8 Å². The number of aryl methyl sites for hydroxylation is 1. The molecule has 162 valence electrons. The van der Waals surface area contributed by atoms with Crippen LogP contribution in [0.4, 0.5) is 11.4 Å². The minimum absolute atomic E-state index is 0.0849. The Bertz CT molecular complexity index is 1220. The molecular formula is C23H18N2O7. The SMILES string of the molecule is Cc1ccc(C(=O)OCC(=O)c2ccc3c(c2)NC(=O)CO3)cc1NC(=O)c1ccco1. The monoisotopic (exact) mass is 434 g/mol. The number of rotatable bonds is 6. The molecular weight excluding hydrogens is 416 g/mol. The average Bonchev–Trinajstić information content (AvgIpc) is 3.33.